The van der Waals surface area contributed by atoms with Crippen molar-refractivity contribution in [2.24, 2.45) is 0 Å². The summed E-state index contributed by atoms with van der Waals surface area (Å²) in [5.74, 6) is -0.117. The second kappa shape index (κ2) is 6.36. The number of carbonyl (C=O) groups is 1. The van der Waals surface area contributed by atoms with Crippen LogP contribution in [-0.4, -0.2) is 5.91 Å². The molecule has 0 saturated heterocycles. The maximum Gasteiger partial charge on any atom is 0.251 e. The van der Waals surface area contributed by atoms with Crippen LogP contribution in [0.25, 0.3) is 0 Å². The van der Waals surface area contributed by atoms with E-state index in [-0.39, 0.29) is 5.91 Å². The summed E-state index contributed by atoms with van der Waals surface area (Å²) in [6.07, 6.45) is 0. The van der Waals surface area contributed by atoms with Crippen LogP contribution in [0.2, 0.25) is 5.02 Å². The molecule has 1 N–H and O–H groups in total. The number of rotatable bonds is 3. The first-order valence-electron chi connectivity index (χ1n) is 5.03. The average molecular weight is 457 g/mol. The fraction of sp³-hybridized carbons (Fsp3) is 0.0833. The van der Waals surface area contributed by atoms with Gasteiger partial charge in [-0.05, 0) is 68.2 Å². The normalized spacial score (nSPS) is 10.4. The summed E-state index contributed by atoms with van der Waals surface area (Å²) in [7, 11) is 0. The van der Waals surface area contributed by atoms with Crippen molar-refractivity contribution in [1.29, 1.82) is 0 Å². The van der Waals surface area contributed by atoms with Gasteiger partial charge in [0.1, 0.15) is 0 Å². The van der Waals surface area contributed by atoms with Crippen LogP contribution in [-0.2, 0) is 6.54 Å². The maximum atomic E-state index is 11.9. The van der Waals surface area contributed by atoms with Crippen molar-refractivity contribution in [2.45, 2.75) is 6.54 Å². The fourth-order valence-corrected chi connectivity index (χ4v) is 3.30. The van der Waals surface area contributed by atoms with Gasteiger partial charge in [-0.1, -0.05) is 11.6 Å². The molecule has 0 saturated carbocycles. The zero-order valence-corrected chi connectivity index (χ0v) is 14.4. The number of hydrogen-bond donors (Lipinski definition) is 1. The monoisotopic (exact) mass is 455 g/mol. The minimum absolute atomic E-state index is 0.117. The molecule has 18 heavy (non-hydrogen) atoms. The van der Waals surface area contributed by atoms with E-state index in [2.05, 4.69) is 43.8 Å². The Morgan fingerprint density at radius 2 is 2.22 bits per heavy atom. The average Bonchev–Trinajstić information content (AvgIpc) is 2.75. The Labute approximate surface area is 136 Å². The van der Waals surface area contributed by atoms with E-state index >= 15 is 0 Å². The summed E-state index contributed by atoms with van der Waals surface area (Å²) in [6, 6.07) is 7.25. The van der Waals surface area contributed by atoms with Gasteiger partial charge >= 0.3 is 0 Å². The van der Waals surface area contributed by atoms with Gasteiger partial charge in [-0.3, -0.25) is 4.79 Å². The molecule has 0 spiro atoms. The van der Waals surface area contributed by atoms with Crippen molar-refractivity contribution >= 4 is 67.4 Å². The molecule has 94 valence electrons. The highest BCUT2D eigenvalue weighted by Gasteiger charge is 2.09. The van der Waals surface area contributed by atoms with E-state index < -0.39 is 0 Å². The van der Waals surface area contributed by atoms with Crippen LogP contribution >= 0.6 is 61.5 Å². The molecule has 6 heteroatoms. The molecule has 2 nitrogen and oxygen atoms in total. The summed E-state index contributed by atoms with van der Waals surface area (Å²) in [4.78, 5) is 13.0. The van der Waals surface area contributed by atoms with Gasteiger partial charge < -0.3 is 5.32 Å². The largest absolute Gasteiger partial charge is 0.347 e. The Bertz CT molecular complexity index is 587. The molecule has 1 aromatic heterocycles. The smallest absolute Gasteiger partial charge is 0.251 e. The predicted octanol–water partition coefficient (Wildman–Crippen LogP) is 4.70. The molecular formula is C12H8BrClINOS. The van der Waals surface area contributed by atoms with Gasteiger partial charge in [0.05, 0.1) is 11.6 Å². The lowest BCUT2D eigenvalue weighted by Gasteiger charge is -2.05. The fourth-order valence-electron chi connectivity index (χ4n) is 1.35. The van der Waals surface area contributed by atoms with Gasteiger partial charge in [0.25, 0.3) is 5.91 Å². The Kier molecular flexibility index (Phi) is 5.06. The highest BCUT2D eigenvalue weighted by molar-refractivity contribution is 14.1. The third-order valence-electron chi connectivity index (χ3n) is 2.28. The Hall–Kier alpha value is -0.110. The van der Waals surface area contributed by atoms with Gasteiger partial charge in [0.15, 0.2) is 0 Å². The van der Waals surface area contributed by atoms with Crippen molar-refractivity contribution in [3.05, 3.63) is 53.2 Å². The molecule has 2 aromatic rings. The predicted molar refractivity (Wildman–Crippen MR) is 87.4 cm³/mol. The molecule has 2 rings (SSSR count). The summed E-state index contributed by atoms with van der Waals surface area (Å²) < 4.78 is 1.96. The summed E-state index contributed by atoms with van der Waals surface area (Å²) in [5.41, 5.74) is 0.577. The van der Waals surface area contributed by atoms with E-state index in [9.17, 15) is 4.79 Å². The molecule has 0 aliphatic heterocycles. The van der Waals surface area contributed by atoms with Crippen LogP contribution in [0.5, 0.6) is 0 Å². The van der Waals surface area contributed by atoms with E-state index in [0.717, 1.165) is 12.9 Å². The molecule has 0 atom stereocenters. The number of carbonyl (C=O) groups excluding carboxylic acids is 1. The van der Waals surface area contributed by atoms with Crippen molar-refractivity contribution in [3.8, 4) is 0 Å². The van der Waals surface area contributed by atoms with Gasteiger partial charge in [-0.15, -0.1) is 11.3 Å². The second-order valence-corrected chi connectivity index (χ2v) is 6.93. The first-order valence-corrected chi connectivity index (χ1v) is 8.16. The number of halogens is 3. The third-order valence-corrected chi connectivity index (χ3v) is 5.78. The lowest BCUT2D eigenvalue weighted by molar-refractivity contribution is 0.0951. The van der Waals surface area contributed by atoms with Crippen molar-refractivity contribution in [2.75, 3.05) is 0 Å². The SMILES string of the molecule is O=C(NCc1sccc1Br)c1ccc(I)c(Cl)c1. The Balaban J connectivity index is 2.04. The topological polar surface area (TPSA) is 29.1 Å². The van der Waals surface area contributed by atoms with Gasteiger partial charge in [-0.2, -0.15) is 0 Å². The van der Waals surface area contributed by atoms with Gasteiger partial charge in [0, 0.05) is 18.5 Å². The molecule has 0 aliphatic rings. The number of benzene rings is 1. The van der Waals surface area contributed by atoms with Crippen LogP contribution in [0.15, 0.2) is 34.1 Å². The van der Waals surface area contributed by atoms with Crippen LogP contribution in [0, 0.1) is 3.57 Å². The van der Waals surface area contributed by atoms with Crippen LogP contribution in [0.1, 0.15) is 15.2 Å². The minimum Gasteiger partial charge on any atom is -0.347 e. The number of amides is 1. The second-order valence-electron chi connectivity index (χ2n) is 3.50. The summed E-state index contributed by atoms with van der Waals surface area (Å²) in [5, 5.41) is 5.45. The van der Waals surface area contributed by atoms with E-state index in [1.807, 2.05) is 17.5 Å². The van der Waals surface area contributed by atoms with Crippen LogP contribution < -0.4 is 5.32 Å². The minimum atomic E-state index is -0.117. The molecule has 1 aromatic carbocycles. The number of hydrogen-bond acceptors (Lipinski definition) is 2. The zero-order valence-electron chi connectivity index (χ0n) is 9.04. The first kappa shape index (κ1) is 14.3. The molecular weight excluding hydrogens is 448 g/mol. The van der Waals surface area contributed by atoms with E-state index in [1.54, 1.807) is 23.5 Å². The van der Waals surface area contributed by atoms with E-state index in [1.165, 1.54) is 0 Å². The molecule has 0 aliphatic carbocycles. The van der Waals surface area contributed by atoms with Crippen molar-refractivity contribution in [1.82, 2.24) is 5.32 Å². The zero-order chi connectivity index (χ0) is 13.1. The molecule has 1 amide bonds. The van der Waals surface area contributed by atoms with Crippen LogP contribution in [0.3, 0.4) is 0 Å². The quantitative estimate of drug-likeness (QED) is 0.667. The lowest BCUT2D eigenvalue weighted by Crippen LogP contribution is -2.22. The Morgan fingerprint density at radius 3 is 2.83 bits per heavy atom. The molecule has 0 radical (unpaired) electrons. The lowest BCUT2D eigenvalue weighted by atomic mass is 10.2. The van der Waals surface area contributed by atoms with Crippen molar-refractivity contribution < 1.29 is 4.79 Å². The first-order chi connectivity index (χ1) is 8.58. The standard InChI is InChI=1S/C12H8BrClINOS/c13-8-3-4-18-11(8)6-16-12(17)7-1-2-10(15)9(14)5-7/h1-5H,6H2,(H,16,17). The molecule has 0 bridgehead atoms. The molecule has 0 unspecified atom stereocenters. The molecule has 0 fully saturated rings. The summed E-state index contributed by atoms with van der Waals surface area (Å²) >= 11 is 13.2. The third kappa shape index (κ3) is 3.46. The van der Waals surface area contributed by atoms with Gasteiger partial charge in [-0.25, -0.2) is 0 Å². The van der Waals surface area contributed by atoms with Crippen molar-refractivity contribution in [3.63, 3.8) is 0 Å². The molecule has 1 heterocycles. The highest BCUT2D eigenvalue weighted by Crippen LogP contribution is 2.23. The van der Waals surface area contributed by atoms with Gasteiger partial charge in [0.2, 0.25) is 0 Å². The summed E-state index contributed by atoms with van der Waals surface area (Å²) in [6.45, 7) is 0.515. The maximum absolute atomic E-state index is 11.9. The Morgan fingerprint density at radius 1 is 1.44 bits per heavy atom. The van der Waals surface area contributed by atoms with E-state index in [0.29, 0.717) is 17.1 Å². The van der Waals surface area contributed by atoms with E-state index in [4.69, 9.17) is 11.6 Å². The van der Waals surface area contributed by atoms with Crippen LogP contribution in [0.4, 0.5) is 0 Å². The highest BCUT2D eigenvalue weighted by atomic mass is 127. The number of thiophene rings is 1. The number of nitrogens with one attached hydrogen (secondary N) is 1.